The highest BCUT2D eigenvalue weighted by Crippen LogP contribution is 2.26. The van der Waals surface area contributed by atoms with E-state index in [-0.39, 0.29) is 5.57 Å². The molecule has 6 heteroatoms. The molecule has 0 atom stereocenters. The van der Waals surface area contributed by atoms with E-state index in [2.05, 4.69) is 37.2 Å². The van der Waals surface area contributed by atoms with E-state index in [1.807, 2.05) is 25.1 Å². The molecule has 1 N–H and O–H groups in total. The fourth-order valence-corrected chi connectivity index (χ4v) is 2.77. The van der Waals surface area contributed by atoms with Crippen LogP contribution in [0.5, 0.6) is 5.75 Å². The standard InChI is InChI=1S/C18H14Br2N2O2/c1-2-24-17-7-6-15(20)9-12(17)8-13(11-21)18(23)22-16-5-3-4-14(19)10-16/h3-10H,2H2,1H3,(H,22,23)/b13-8-. The Kier molecular flexibility index (Phi) is 6.59. The molecule has 0 saturated heterocycles. The molecule has 0 radical (unpaired) electrons. The molecule has 0 aliphatic heterocycles. The van der Waals surface area contributed by atoms with Gasteiger partial charge in [0.05, 0.1) is 6.61 Å². The Balaban J connectivity index is 2.30. The zero-order chi connectivity index (χ0) is 17.5. The van der Waals surface area contributed by atoms with Crippen molar-refractivity contribution < 1.29 is 9.53 Å². The van der Waals surface area contributed by atoms with Gasteiger partial charge in [-0.3, -0.25) is 4.79 Å². The molecule has 2 aromatic rings. The van der Waals surface area contributed by atoms with Crippen molar-refractivity contribution in [2.75, 3.05) is 11.9 Å². The molecule has 0 unspecified atom stereocenters. The lowest BCUT2D eigenvalue weighted by molar-refractivity contribution is -0.112. The summed E-state index contributed by atoms with van der Waals surface area (Å²) >= 11 is 6.73. The van der Waals surface area contributed by atoms with Crippen molar-refractivity contribution in [1.29, 1.82) is 5.26 Å². The third-order valence-corrected chi connectivity index (χ3v) is 4.01. The zero-order valence-corrected chi connectivity index (χ0v) is 16.0. The maximum atomic E-state index is 12.3. The van der Waals surface area contributed by atoms with E-state index in [0.717, 1.165) is 8.95 Å². The van der Waals surface area contributed by atoms with Gasteiger partial charge in [0, 0.05) is 20.2 Å². The lowest BCUT2D eigenvalue weighted by Crippen LogP contribution is -2.13. The van der Waals surface area contributed by atoms with Gasteiger partial charge in [-0.1, -0.05) is 37.9 Å². The number of hydrogen-bond acceptors (Lipinski definition) is 3. The van der Waals surface area contributed by atoms with Crippen molar-refractivity contribution in [3.63, 3.8) is 0 Å². The molecule has 0 aliphatic rings. The number of ether oxygens (including phenoxy) is 1. The highest BCUT2D eigenvalue weighted by molar-refractivity contribution is 9.10. The second kappa shape index (κ2) is 8.67. The minimum atomic E-state index is -0.474. The number of nitriles is 1. The molecule has 0 aromatic heterocycles. The van der Waals surface area contributed by atoms with Gasteiger partial charge in [0.15, 0.2) is 0 Å². The number of carbonyl (C=O) groups is 1. The molecule has 2 aromatic carbocycles. The van der Waals surface area contributed by atoms with Crippen LogP contribution in [-0.2, 0) is 4.79 Å². The molecule has 0 aliphatic carbocycles. The fraction of sp³-hybridized carbons (Fsp3) is 0.111. The summed E-state index contributed by atoms with van der Waals surface area (Å²) in [5.41, 5.74) is 1.26. The predicted octanol–water partition coefficient (Wildman–Crippen LogP) is 5.16. The Morgan fingerprint density at radius 1 is 1.25 bits per heavy atom. The molecule has 0 fully saturated rings. The minimum Gasteiger partial charge on any atom is -0.493 e. The number of hydrogen-bond donors (Lipinski definition) is 1. The number of nitrogens with zero attached hydrogens (tertiary/aromatic N) is 1. The first-order chi connectivity index (χ1) is 11.5. The Hall–Kier alpha value is -2.10. The van der Waals surface area contributed by atoms with Gasteiger partial charge in [-0.05, 0) is 49.4 Å². The number of nitrogens with one attached hydrogen (secondary N) is 1. The monoisotopic (exact) mass is 448 g/mol. The van der Waals surface area contributed by atoms with E-state index < -0.39 is 5.91 Å². The topological polar surface area (TPSA) is 62.1 Å². The first kappa shape index (κ1) is 18.2. The third kappa shape index (κ3) is 4.95. The molecule has 24 heavy (non-hydrogen) atoms. The van der Waals surface area contributed by atoms with Crippen molar-refractivity contribution in [3.8, 4) is 11.8 Å². The number of halogens is 2. The van der Waals surface area contributed by atoms with E-state index >= 15 is 0 Å². The average molecular weight is 450 g/mol. The molecule has 4 nitrogen and oxygen atoms in total. The molecule has 0 saturated carbocycles. The first-order valence-electron chi connectivity index (χ1n) is 7.14. The summed E-state index contributed by atoms with van der Waals surface area (Å²) < 4.78 is 7.21. The van der Waals surface area contributed by atoms with Crippen LogP contribution in [0.2, 0.25) is 0 Å². The van der Waals surface area contributed by atoms with Gasteiger partial charge < -0.3 is 10.1 Å². The van der Waals surface area contributed by atoms with Crippen LogP contribution in [0.25, 0.3) is 6.08 Å². The molecule has 122 valence electrons. The lowest BCUT2D eigenvalue weighted by atomic mass is 10.1. The van der Waals surface area contributed by atoms with Crippen LogP contribution in [0.3, 0.4) is 0 Å². The van der Waals surface area contributed by atoms with Crippen LogP contribution in [0, 0.1) is 11.3 Å². The second-order valence-corrected chi connectivity index (χ2v) is 6.58. The average Bonchev–Trinajstić information content (AvgIpc) is 2.55. The largest absolute Gasteiger partial charge is 0.493 e. The smallest absolute Gasteiger partial charge is 0.266 e. The number of carbonyl (C=O) groups excluding carboxylic acids is 1. The lowest BCUT2D eigenvalue weighted by Gasteiger charge is -2.09. The van der Waals surface area contributed by atoms with Gasteiger partial charge >= 0.3 is 0 Å². The quantitative estimate of drug-likeness (QED) is 0.506. The Bertz CT molecular complexity index is 826. The van der Waals surface area contributed by atoms with E-state index in [1.165, 1.54) is 6.08 Å². The number of benzene rings is 2. The highest BCUT2D eigenvalue weighted by atomic mass is 79.9. The molecule has 0 spiro atoms. The molecule has 0 heterocycles. The summed E-state index contributed by atoms with van der Waals surface area (Å²) in [6, 6.07) is 14.5. The number of anilines is 1. The Morgan fingerprint density at radius 2 is 2.00 bits per heavy atom. The fourth-order valence-electron chi connectivity index (χ4n) is 1.99. The van der Waals surface area contributed by atoms with Crippen LogP contribution in [0.4, 0.5) is 5.69 Å². The molecule has 0 bridgehead atoms. The van der Waals surface area contributed by atoms with Gasteiger partial charge in [0.25, 0.3) is 5.91 Å². The van der Waals surface area contributed by atoms with Crippen molar-refractivity contribution in [2.24, 2.45) is 0 Å². The first-order valence-corrected chi connectivity index (χ1v) is 8.73. The van der Waals surface area contributed by atoms with Crippen LogP contribution in [-0.4, -0.2) is 12.5 Å². The molecule has 2 rings (SSSR count). The Labute approximate surface area is 157 Å². The zero-order valence-electron chi connectivity index (χ0n) is 12.8. The van der Waals surface area contributed by atoms with Crippen molar-refractivity contribution in [2.45, 2.75) is 6.92 Å². The molecular formula is C18H14Br2N2O2. The maximum Gasteiger partial charge on any atom is 0.266 e. The summed E-state index contributed by atoms with van der Waals surface area (Å²) in [5, 5.41) is 12.0. The summed E-state index contributed by atoms with van der Waals surface area (Å²) in [7, 11) is 0. The van der Waals surface area contributed by atoms with Gasteiger partial charge in [0.2, 0.25) is 0 Å². The van der Waals surface area contributed by atoms with E-state index in [4.69, 9.17) is 4.74 Å². The van der Waals surface area contributed by atoms with Crippen molar-refractivity contribution >= 4 is 49.5 Å². The maximum absolute atomic E-state index is 12.3. The normalized spacial score (nSPS) is 10.8. The molecular weight excluding hydrogens is 436 g/mol. The van der Waals surface area contributed by atoms with Gasteiger partial charge in [-0.15, -0.1) is 0 Å². The second-order valence-electron chi connectivity index (χ2n) is 4.75. The van der Waals surface area contributed by atoms with E-state index in [1.54, 1.807) is 30.3 Å². The SMILES string of the molecule is CCOc1ccc(Br)cc1/C=C(/C#N)C(=O)Nc1cccc(Br)c1. The summed E-state index contributed by atoms with van der Waals surface area (Å²) in [6.45, 7) is 2.37. The van der Waals surface area contributed by atoms with Crippen molar-refractivity contribution in [3.05, 3.63) is 62.5 Å². The summed E-state index contributed by atoms with van der Waals surface area (Å²) in [6.07, 6.45) is 1.52. The predicted molar refractivity (Wildman–Crippen MR) is 102 cm³/mol. The summed E-state index contributed by atoms with van der Waals surface area (Å²) in [4.78, 5) is 12.3. The minimum absolute atomic E-state index is 0.00553. The van der Waals surface area contributed by atoms with Crippen molar-refractivity contribution in [1.82, 2.24) is 0 Å². The van der Waals surface area contributed by atoms with Gasteiger partial charge in [-0.25, -0.2) is 0 Å². The van der Waals surface area contributed by atoms with E-state index in [0.29, 0.717) is 23.6 Å². The van der Waals surface area contributed by atoms with Crippen LogP contribution < -0.4 is 10.1 Å². The van der Waals surface area contributed by atoms with E-state index in [9.17, 15) is 10.1 Å². The number of rotatable bonds is 5. The van der Waals surface area contributed by atoms with Gasteiger partial charge in [-0.2, -0.15) is 5.26 Å². The van der Waals surface area contributed by atoms with Crippen LogP contribution in [0.15, 0.2) is 57.0 Å². The van der Waals surface area contributed by atoms with Gasteiger partial charge in [0.1, 0.15) is 17.4 Å². The third-order valence-electron chi connectivity index (χ3n) is 3.02. The van der Waals surface area contributed by atoms with Crippen LogP contribution >= 0.6 is 31.9 Å². The number of amides is 1. The van der Waals surface area contributed by atoms with Crippen LogP contribution in [0.1, 0.15) is 12.5 Å². The summed E-state index contributed by atoms with van der Waals surface area (Å²) in [5.74, 6) is 0.140. The molecule has 1 amide bonds. The highest BCUT2D eigenvalue weighted by Gasteiger charge is 2.12. The Morgan fingerprint density at radius 3 is 2.67 bits per heavy atom.